The summed E-state index contributed by atoms with van der Waals surface area (Å²) < 4.78 is 7.60. The van der Waals surface area contributed by atoms with Crippen molar-refractivity contribution in [2.45, 2.75) is 0 Å². The van der Waals surface area contributed by atoms with E-state index < -0.39 is 5.23 Å². The Hall–Kier alpha value is -3.08. The number of aromatic nitrogens is 3. The molecule has 3 N–H and O–H groups in total. The summed E-state index contributed by atoms with van der Waals surface area (Å²) in [5.41, 5.74) is 1.78. The third kappa shape index (κ3) is 4.19. The van der Waals surface area contributed by atoms with Crippen molar-refractivity contribution in [3.05, 3.63) is 81.4 Å². The van der Waals surface area contributed by atoms with E-state index in [1.165, 1.54) is 23.0 Å². The molecule has 29 heavy (non-hydrogen) atoms. The van der Waals surface area contributed by atoms with Crippen LogP contribution in [0.4, 0.5) is 5.69 Å². The molecule has 0 saturated carbocycles. The lowest BCUT2D eigenvalue weighted by atomic mass is 10.1. The summed E-state index contributed by atoms with van der Waals surface area (Å²) >= 11 is 11.2. The molecule has 0 radical (unpaired) electrons. The van der Waals surface area contributed by atoms with Gasteiger partial charge in [-0.3, -0.25) is 0 Å². The van der Waals surface area contributed by atoms with Crippen molar-refractivity contribution >= 4 is 35.7 Å². The van der Waals surface area contributed by atoms with Gasteiger partial charge in [0.1, 0.15) is 11.5 Å². The second-order valence-electron chi connectivity index (χ2n) is 6.00. The standard InChI is InChI=1S/C19H14ClN5O3S/c20-14-5-1-13(2-6-14)18-22-23-19(29)24(18)21-11-16-9-10-17(28-16)12-3-7-15(8-4-12)25(26)27/h1-11,25-26H,(H,23,29)/b21-11+. The van der Waals surface area contributed by atoms with Gasteiger partial charge < -0.3 is 9.62 Å². The smallest absolute Gasteiger partial charge is 0.216 e. The molecule has 4 aromatic rings. The van der Waals surface area contributed by atoms with E-state index in [1.54, 1.807) is 36.4 Å². The van der Waals surface area contributed by atoms with E-state index in [2.05, 4.69) is 15.3 Å². The summed E-state index contributed by atoms with van der Waals surface area (Å²) in [5, 5.41) is 30.9. The second kappa shape index (κ2) is 8.11. The average molecular weight is 428 g/mol. The van der Waals surface area contributed by atoms with Crippen LogP contribution in [0.15, 0.2) is 70.2 Å². The first kappa shape index (κ1) is 19.2. The molecule has 0 aliphatic heterocycles. The summed E-state index contributed by atoms with van der Waals surface area (Å²) in [5.74, 6) is 1.64. The van der Waals surface area contributed by atoms with Crippen molar-refractivity contribution in [3.8, 4) is 22.7 Å². The molecule has 1 atom stereocenters. The van der Waals surface area contributed by atoms with E-state index in [9.17, 15) is 5.21 Å². The van der Waals surface area contributed by atoms with Gasteiger partial charge in [-0.05, 0) is 60.7 Å². The number of nitrogens with zero attached hydrogens (tertiary/aromatic N) is 3. The number of hydrogen-bond acceptors (Lipinski definition) is 6. The van der Waals surface area contributed by atoms with Crippen LogP contribution in [-0.2, 0) is 0 Å². The minimum absolute atomic E-state index is 0.214. The molecular weight excluding hydrogens is 414 g/mol. The highest BCUT2D eigenvalue weighted by atomic mass is 35.5. The van der Waals surface area contributed by atoms with Gasteiger partial charge in [-0.25, -0.2) is 10.3 Å². The average Bonchev–Trinajstić information content (AvgIpc) is 3.34. The number of aromatic amines is 1. The zero-order chi connectivity index (χ0) is 20.4. The third-order valence-corrected chi connectivity index (χ3v) is 4.61. The van der Waals surface area contributed by atoms with Crippen LogP contribution < -0.4 is 5.23 Å². The lowest BCUT2D eigenvalue weighted by molar-refractivity contribution is -0.991. The van der Waals surface area contributed by atoms with Gasteiger partial charge in [-0.1, -0.05) is 11.6 Å². The van der Waals surface area contributed by atoms with Crippen molar-refractivity contribution in [1.29, 1.82) is 0 Å². The van der Waals surface area contributed by atoms with Gasteiger partial charge in [-0.2, -0.15) is 20.1 Å². The van der Waals surface area contributed by atoms with E-state index >= 15 is 0 Å². The molecule has 2 aromatic carbocycles. The van der Waals surface area contributed by atoms with E-state index in [0.29, 0.717) is 27.1 Å². The van der Waals surface area contributed by atoms with Crippen LogP contribution in [0.2, 0.25) is 5.02 Å². The monoisotopic (exact) mass is 427 g/mol. The van der Waals surface area contributed by atoms with E-state index in [4.69, 9.17) is 33.4 Å². The largest absolute Gasteiger partial charge is 0.595 e. The summed E-state index contributed by atoms with van der Waals surface area (Å²) in [4.78, 5) is 0. The van der Waals surface area contributed by atoms with Crippen molar-refractivity contribution < 1.29 is 14.9 Å². The van der Waals surface area contributed by atoms with Crippen molar-refractivity contribution in [2.24, 2.45) is 5.10 Å². The number of H-pyrrole nitrogens is 1. The molecular formula is C19H14ClN5O3S. The zero-order valence-electron chi connectivity index (χ0n) is 14.7. The van der Waals surface area contributed by atoms with E-state index in [-0.39, 0.29) is 5.69 Å². The molecule has 2 heterocycles. The summed E-state index contributed by atoms with van der Waals surface area (Å²) in [6, 6.07) is 17.1. The molecule has 4 rings (SSSR count). The molecule has 0 fully saturated rings. The fourth-order valence-electron chi connectivity index (χ4n) is 2.65. The molecule has 0 spiro atoms. The Balaban J connectivity index is 1.59. The molecule has 146 valence electrons. The van der Waals surface area contributed by atoms with E-state index in [0.717, 1.165) is 11.1 Å². The van der Waals surface area contributed by atoms with Gasteiger partial charge in [0.05, 0.1) is 6.21 Å². The fourth-order valence-corrected chi connectivity index (χ4v) is 2.96. The molecule has 0 bridgehead atoms. The van der Waals surface area contributed by atoms with Crippen LogP contribution in [-0.4, -0.2) is 26.3 Å². The molecule has 0 amide bonds. The van der Waals surface area contributed by atoms with Crippen LogP contribution in [0, 0.1) is 9.98 Å². The molecule has 8 nitrogen and oxygen atoms in total. The highest BCUT2D eigenvalue weighted by Gasteiger charge is 2.09. The summed E-state index contributed by atoms with van der Waals surface area (Å²) in [6.07, 6.45) is 1.53. The maximum absolute atomic E-state index is 11.0. The normalized spacial score (nSPS) is 12.5. The zero-order valence-corrected chi connectivity index (χ0v) is 16.3. The van der Waals surface area contributed by atoms with Crippen LogP contribution in [0.25, 0.3) is 22.7 Å². The minimum atomic E-state index is -0.975. The molecule has 0 saturated heterocycles. The molecule has 0 aliphatic carbocycles. The number of benzene rings is 2. The maximum atomic E-state index is 11.0. The second-order valence-corrected chi connectivity index (χ2v) is 6.82. The van der Waals surface area contributed by atoms with Gasteiger partial charge in [0.15, 0.2) is 11.5 Å². The highest BCUT2D eigenvalue weighted by molar-refractivity contribution is 7.71. The lowest BCUT2D eigenvalue weighted by Gasteiger charge is -2.10. The Morgan fingerprint density at radius 1 is 1.10 bits per heavy atom. The Morgan fingerprint density at radius 2 is 1.79 bits per heavy atom. The van der Waals surface area contributed by atoms with Gasteiger partial charge in [0.25, 0.3) is 0 Å². The predicted octanol–water partition coefficient (Wildman–Crippen LogP) is 3.81. The first-order chi connectivity index (χ1) is 14.0. The number of hydrogen-bond donors (Lipinski definition) is 3. The fraction of sp³-hybridized carbons (Fsp3) is 0. The van der Waals surface area contributed by atoms with Crippen molar-refractivity contribution in [3.63, 3.8) is 0 Å². The quantitative estimate of drug-likeness (QED) is 0.255. The SMILES string of the molecule is [O-][NH+](O)c1ccc(-c2ccc(/C=N/n3c(-c4ccc(Cl)cc4)n[nH]c3=S)o2)cc1. The van der Waals surface area contributed by atoms with Gasteiger partial charge >= 0.3 is 0 Å². The molecule has 10 heteroatoms. The predicted molar refractivity (Wildman–Crippen MR) is 111 cm³/mol. The Morgan fingerprint density at radius 3 is 2.48 bits per heavy atom. The number of rotatable bonds is 5. The van der Waals surface area contributed by atoms with Gasteiger partial charge in [0.2, 0.25) is 4.77 Å². The number of nitrogens with one attached hydrogen (secondary N) is 2. The lowest BCUT2D eigenvalue weighted by Crippen LogP contribution is -2.99. The maximum Gasteiger partial charge on any atom is 0.216 e. The van der Waals surface area contributed by atoms with Gasteiger partial charge in [-0.15, -0.1) is 0 Å². The molecule has 2 aromatic heterocycles. The topological polar surface area (TPSA) is 107 Å². The Bertz CT molecular complexity index is 1210. The first-order valence-corrected chi connectivity index (χ1v) is 9.21. The number of furan rings is 1. The summed E-state index contributed by atoms with van der Waals surface area (Å²) in [6.45, 7) is 0. The van der Waals surface area contributed by atoms with Crippen molar-refractivity contribution in [1.82, 2.24) is 14.9 Å². The molecule has 0 aliphatic rings. The van der Waals surface area contributed by atoms with Crippen LogP contribution in [0.1, 0.15) is 5.76 Å². The third-order valence-electron chi connectivity index (χ3n) is 4.10. The number of halogens is 1. The van der Waals surface area contributed by atoms with Gasteiger partial charge in [0, 0.05) is 28.3 Å². The number of quaternary nitrogens is 1. The molecule has 1 unspecified atom stereocenters. The first-order valence-electron chi connectivity index (χ1n) is 8.42. The highest BCUT2D eigenvalue weighted by Crippen LogP contribution is 2.23. The van der Waals surface area contributed by atoms with E-state index in [1.807, 2.05) is 12.1 Å². The van der Waals surface area contributed by atoms with Crippen LogP contribution in [0.3, 0.4) is 0 Å². The summed E-state index contributed by atoms with van der Waals surface area (Å²) in [7, 11) is 0. The van der Waals surface area contributed by atoms with Crippen LogP contribution in [0.5, 0.6) is 0 Å². The Kier molecular flexibility index (Phi) is 5.38. The Labute approximate surface area is 174 Å². The van der Waals surface area contributed by atoms with Crippen LogP contribution >= 0.6 is 23.8 Å². The minimum Gasteiger partial charge on any atom is -0.595 e. The van der Waals surface area contributed by atoms with Crippen molar-refractivity contribution in [2.75, 3.05) is 0 Å².